The van der Waals surface area contributed by atoms with E-state index in [4.69, 9.17) is 16.0 Å². The van der Waals surface area contributed by atoms with E-state index in [9.17, 15) is 13.2 Å². The molecule has 1 N–H and O–H groups in total. The van der Waals surface area contributed by atoms with E-state index in [0.29, 0.717) is 17.1 Å². The summed E-state index contributed by atoms with van der Waals surface area (Å²) in [5.41, 5.74) is 2.64. The van der Waals surface area contributed by atoms with Crippen molar-refractivity contribution in [1.29, 1.82) is 0 Å². The number of rotatable bonds is 7. The molecule has 28 heavy (non-hydrogen) atoms. The molecule has 1 heterocycles. The summed E-state index contributed by atoms with van der Waals surface area (Å²) in [6.45, 7) is 2.35. The van der Waals surface area contributed by atoms with Crippen LogP contribution < -0.4 is 5.32 Å². The van der Waals surface area contributed by atoms with Gasteiger partial charge in [0.1, 0.15) is 11.5 Å². The van der Waals surface area contributed by atoms with E-state index in [2.05, 4.69) is 5.32 Å². The number of carbonyl (C=O) groups excluding carboxylic acids is 1. The number of aryl methyl sites for hydroxylation is 1. The molecule has 3 aromatic rings. The number of halogens is 1. The topological polar surface area (TPSA) is 76.4 Å². The molecule has 2 aromatic carbocycles. The zero-order chi connectivity index (χ0) is 20.1. The number of amides is 1. The fraction of sp³-hybridized carbons (Fsp3) is 0.190. The van der Waals surface area contributed by atoms with Gasteiger partial charge in [-0.3, -0.25) is 4.79 Å². The van der Waals surface area contributed by atoms with Gasteiger partial charge < -0.3 is 9.73 Å². The Kier molecular flexibility index (Phi) is 6.21. The lowest BCUT2D eigenvalue weighted by atomic mass is 10.1. The van der Waals surface area contributed by atoms with Crippen molar-refractivity contribution in [3.63, 3.8) is 0 Å². The van der Waals surface area contributed by atoms with Crippen molar-refractivity contribution in [2.45, 2.75) is 25.0 Å². The van der Waals surface area contributed by atoms with Gasteiger partial charge in [0.15, 0.2) is 15.6 Å². The summed E-state index contributed by atoms with van der Waals surface area (Å²) >= 11 is 6.03. The molecule has 1 amide bonds. The third-order valence-electron chi connectivity index (χ3n) is 4.15. The number of furan rings is 1. The minimum Gasteiger partial charge on any atom is -0.455 e. The third kappa shape index (κ3) is 5.47. The average Bonchev–Trinajstić information content (AvgIpc) is 3.10. The first-order chi connectivity index (χ1) is 13.3. The van der Waals surface area contributed by atoms with Gasteiger partial charge >= 0.3 is 0 Å². The molecule has 1 aromatic heterocycles. The maximum atomic E-state index is 12.4. The number of hydrogen-bond acceptors (Lipinski definition) is 4. The molecule has 3 rings (SSSR count). The van der Waals surface area contributed by atoms with Crippen molar-refractivity contribution >= 4 is 27.3 Å². The van der Waals surface area contributed by atoms with Gasteiger partial charge in [0.05, 0.1) is 5.75 Å². The van der Waals surface area contributed by atoms with Crippen LogP contribution in [0, 0.1) is 6.92 Å². The molecule has 0 unspecified atom stereocenters. The van der Waals surface area contributed by atoms with Crippen molar-refractivity contribution < 1.29 is 17.6 Å². The van der Waals surface area contributed by atoms with Crippen molar-refractivity contribution in [2.24, 2.45) is 0 Å². The first-order valence-electron chi connectivity index (χ1n) is 8.69. The average molecular weight is 418 g/mol. The second kappa shape index (κ2) is 8.63. The molecule has 5 nitrogen and oxygen atoms in total. The minimum absolute atomic E-state index is 0.0788. The van der Waals surface area contributed by atoms with Crippen LogP contribution in [0.4, 0.5) is 0 Å². The summed E-state index contributed by atoms with van der Waals surface area (Å²) in [6, 6.07) is 17.6. The van der Waals surface area contributed by atoms with Gasteiger partial charge in [-0.1, -0.05) is 59.6 Å². The van der Waals surface area contributed by atoms with Gasteiger partial charge in [0, 0.05) is 11.6 Å². The fourth-order valence-corrected chi connectivity index (χ4v) is 4.37. The Bertz CT molecular complexity index is 1070. The van der Waals surface area contributed by atoms with Gasteiger partial charge in [-0.15, -0.1) is 0 Å². The Labute approximate surface area is 169 Å². The highest BCUT2D eigenvalue weighted by atomic mass is 35.5. The number of nitrogens with one attached hydrogen (secondary N) is 1. The molecule has 0 aliphatic rings. The van der Waals surface area contributed by atoms with Gasteiger partial charge in [-0.25, -0.2) is 8.42 Å². The minimum atomic E-state index is -3.49. The van der Waals surface area contributed by atoms with Crippen LogP contribution >= 0.6 is 11.6 Å². The van der Waals surface area contributed by atoms with E-state index in [1.165, 1.54) is 12.1 Å². The zero-order valence-corrected chi connectivity index (χ0v) is 16.9. The Morgan fingerprint density at radius 3 is 2.43 bits per heavy atom. The predicted octanol–water partition coefficient (Wildman–Crippen LogP) is 4.29. The molecular weight excluding hydrogens is 398 g/mol. The monoisotopic (exact) mass is 417 g/mol. The van der Waals surface area contributed by atoms with Crippen LogP contribution in [0.2, 0.25) is 5.02 Å². The third-order valence-corrected chi connectivity index (χ3v) is 6.00. The van der Waals surface area contributed by atoms with Crippen LogP contribution in [0.1, 0.15) is 33.0 Å². The van der Waals surface area contributed by atoms with Gasteiger partial charge in [-0.05, 0) is 36.2 Å². The van der Waals surface area contributed by atoms with E-state index in [1.54, 1.807) is 24.3 Å². The highest BCUT2D eigenvalue weighted by molar-refractivity contribution is 7.89. The van der Waals surface area contributed by atoms with E-state index >= 15 is 0 Å². The Morgan fingerprint density at radius 2 is 1.71 bits per heavy atom. The van der Waals surface area contributed by atoms with Crippen LogP contribution in [0.3, 0.4) is 0 Å². The molecule has 0 spiro atoms. The maximum Gasteiger partial charge on any atom is 0.287 e. The molecule has 0 fully saturated rings. The Balaban J connectivity index is 1.60. The normalized spacial score (nSPS) is 11.4. The Morgan fingerprint density at radius 1 is 1.00 bits per heavy atom. The first-order valence-corrected chi connectivity index (χ1v) is 10.9. The SMILES string of the molecule is Cc1ccc(CNC(=O)c2ccc(CS(=O)(=O)Cc3ccccc3Cl)o2)cc1. The van der Waals surface area contributed by atoms with Crippen LogP contribution in [0.25, 0.3) is 0 Å². The molecule has 0 saturated heterocycles. The summed E-state index contributed by atoms with van der Waals surface area (Å²) in [4.78, 5) is 12.2. The summed E-state index contributed by atoms with van der Waals surface area (Å²) < 4.78 is 30.3. The molecule has 0 atom stereocenters. The highest BCUT2D eigenvalue weighted by Crippen LogP contribution is 2.20. The molecule has 0 saturated carbocycles. The zero-order valence-electron chi connectivity index (χ0n) is 15.3. The van der Waals surface area contributed by atoms with Crippen molar-refractivity contribution in [2.75, 3.05) is 0 Å². The van der Waals surface area contributed by atoms with Crippen LogP contribution in [-0.2, 0) is 27.9 Å². The second-order valence-electron chi connectivity index (χ2n) is 6.56. The summed E-state index contributed by atoms with van der Waals surface area (Å²) in [5, 5.41) is 3.16. The molecule has 0 radical (unpaired) electrons. The number of sulfone groups is 1. The summed E-state index contributed by atoms with van der Waals surface area (Å²) in [5.74, 6) is -0.593. The lowest BCUT2D eigenvalue weighted by Crippen LogP contribution is -2.22. The van der Waals surface area contributed by atoms with E-state index < -0.39 is 15.7 Å². The first kappa shape index (κ1) is 20.2. The number of benzene rings is 2. The molecule has 146 valence electrons. The van der Waals surface area contributed by atoms with Crippen LogP contribution in [-0.4, -0.2) is 14.3 Å². The van der Waals surface area contributed by atoms with Crippen LogP contribution in [0.15, 0.2) is 65.1 Å². The molecule has 0 aliphatic heterocycles. The van der Waals surface area contributed by atoms with Crippen molar-refractivity contribution in [3.05, 3.63) is 93.9 Å². The predicted molar refractivity (Wildman–Crippen MR) is 109 cm³/mol. The van der Waals surface area contributed by atoms with Gasteiger partial charge in [-0.2, -0.15) is 0 Å². The lowest BCUT2D eigenvalue weighted by molar-refractivity contribution is 0.0921. The quantitative estimate of drug-likeness (QED) is 0.622. The highest BCUT2D eigenvalue weighted by Gasteiger charge is 2.19. The maximum absolute atomic E-state index is 12.4. The largest absolute Gasteiger partial charge is 0.455 e. The van der Waals surface area contributed by atoms with Crippen molar-refractivity contribution in [1.82, 2.24) is 5.32 Å². The fourth-order valence-electron chi connectivity index (χ4n) is 2.67. The van der Waals surface area contributed by atoms with E-state index in [0.717, 1.165) is 11.1 Å². The number of hydrogen-bond donors (Lipinski definition) is 1. The standard InChI is InChI=1S/C21H20ClNO4S/c1-15-6-8-16(9-7-15)12-23-21(24)20-11-10-18(27-20)14-28(25,26)13-17-4-2-3-5-19(17)22/h2-11H,12-14H2,1H3,(H,23,24). The second-order valence-corrected chi connectivity index (χ2v) is 9.03. The molecule has 7 heteroatoms. The van der Waals surface area contributed by atoms with Crippen molar-refractivity contribution in [3.8, 4) is 0 Å². The van der Waals surface area contributed by atoms with E-state index in [-0.39, 0.29) is 23.0 Å². The number of carbonyl (C=O) groups is 1. The van der Waals surface area contributed by atoms with E-state index in [1.807, 2.05) is 31.2 Å². The summed E-state index contributed by atoms with van der Waals surface area (Å²) in [6.07, 6.45) is 0. The lowest BCUT2D eigenvalue weighted by Gasteiger charge is -2.05. The molecular formula is C21H20ClNO4S. The van der Waals surface area contributed by atoms with Gasteiger partial charge in [0.2, 0.25) is 0 Å². The molecule has 0 bridgehead atoms. The molecule has 0 aliphatic carbocycles. The Hall–Kier alpha value is -2.57. The van der Waals surface area contributed by atoms with Crippen LogP contribution in [0.5, 0.6) is 0 Å². The summed E-state index contributed by atoms with van der Waals surface area (Å²) in [7, 11) is -3.49. The smallest absolute Gasteiger partial charge is 0.287 e. The van der Waals surface area contributed by atoms with Gasteiger partial charge in [0.25, 0.3) is 5.91 Å².